The maximum absolute atomic E-state index is 5.83. The summed E-state index contributed by atoms with van der Waals surface area (Å²) in [5.41, 5.74) is 1.36. The predicted octanol–water partition coefficient (Wildman–Crippen LogP) is 3.57. The molecule has 1 aromatic carbocycles. The van der Waals surface area contributed by atoms with Gasteiger partial charge in [0.1, 0.15) is 0 Å². The van der Waals surface area contributed by atoms with E-state index in [1.807, 2.05) is 0 Å². The van der Waals surface area contributed by atoms with Gasteiger partial charge in [0.25, 0.3) is 0 Å². The first kappa shape index (κ1) is 21.7. The van der Waals surface area contributed by atoms with Gasteiger partial charge in [-0.3, -0.25) is 4.99 Å². The molecular weight excluding hydrogens is 338 g/mol. The Morgan fingerprint density at radius 2 is 1.96 bits per heavy atom. The number of hydrogen-bond donors (Lipinski definition) is 2. The van der Waals surface area contributed by atoms with E-state index in [4.69, 9.17) is 14.5 Å². The van der Waals surface area contributed by atoms with E-state index in [1.54, 1.807) is 0 Å². The molecule has 152 valence electrons. The Bertz CT molecular complexity index is 516. The van der Waals surface area contributed by atoms with Gasteiger partial charge >= 0.3 is 0 Å². The fraction of sp³-hybridized carbons (Fsp3) is 0.682. The summed E-state index contributed by atoms with van der Waals surface area (Å²) in [4.78, 5) is 4.79. The van der Waals surface area contributed by atoms with Crippen LogP contribution in [0.3, 0.4) is 0 Å². The number of rotatable bonds is 11. The maximum atomic E-state index is 5.83. The summed E-state index contributed by atoms with van der Waals surface area (Å²) < 4.78 is 11.2. The van der Waals surface area contributed by atoms with E-state index in [0.717, 1.165) is 77.7 Å². The molecule has 1 unspecified atom stereocenters. The minimum atomic E-state index is 0.462. The van der Waals surface area contributed by atoms with E-state index >= 15 is 0 Å². The van der Waals surface area contributed by atoms with Crippen molar-refractivity contribution in [2.24, 2.45) is 10.9 Å². The van der Waals surface area contributed by atoms with Crippen LogP contribution < -0.4 is 10.6 Å². The van der Waals surface area contributed by atoms with Crippen LogP contribution in [0.2, 0.25) is 0 Å². The Labute approximate surface area is 164 Å². The van der Waals surface area contributed by atoms with E-state index in [1.165, 1.54) is 5.56 Å². The summed E-state index contributed by atoms with van der Waals surface area (Å²) in [6, 6.07) is 10.7. The predicted molar refractivity (Wildman–Crippen MR) is 112 cm³/mol. The van der Waals surface area contributed by atoms with Crippen LogP contribution in [-0.4, -0.2) is 52.0 Å². The fourth-order valence-corrected chi connectivity index (χ4v) is 3.28. The lowest BCUT2D eigenvalue weighted by atomic mass is 9.97. The fourth-order valence-electron chi connectivity index (χ4n) is 3.28. The lowest BCUT2D eigenvalue weighted by Crippen LogP contribution is -2.38. The van der Waals surface area contributed by atoms with E-state index < -0.39 is 0 Å². The molecule has 0 radical (unpaired) electrons. The molecule has 1 heterocycles. The van der Waals surface area contributed by atoms with Gasteiger partial charge in [0, 0.05) is 52.0 Å². The summed E-state index contributed by atoms with van der Waals surface area (Å²) in [7, 11) is 0. The molecule has 0 aromatic heterocycles. The summed E-state index contributed by atoms with van der Waals surface area (Å²) >= 11 is 0. The zero-order valence-corrected chi connectivity index (χ0v) is 17.1. The first-order valence-corrected chi connectivity index (χ1v) is 10.6. The number of ether oxygens (including phenoxy) is 2. The van der Waals surface area contributed by atoms with Gasteiger partial charge in [0.05, 0.1) is 0 Å². The topological polar surface area (TPSA) is 54.9 Å². The molecule has 1 aromatic rings. The third-order valence-electron chi connectivity index (χ3n) is 5.03. The molecule has 5 nitrogen and oxygen atoms in total. The first-order valence-electron chi connectivity index (χ1n) is 10.6. The van der Waals surface area contributed by atoms with Crippen molar-refractivity contribution in [3.63, 3.8) is 0 Å². The highest BCUT2D eigenvalue weighted by atomic mass is 16.5. The van der Waals surface area contributed by atoms with Crippen molar-refractivity contribution in [3.8, 4) is 0 Å². The van der Waals surface area contributed by atoms with Crippen molar-refractivity contribution in [1.82, 2.24) is 10.6 Å². The second-order valence-electron chi connectivity index (χ2n) is 7.15. The van der Waals surface area contributed by atoms with Gasteiger partial charge in [-0.1, -0.05) is 37.3 Å². The minimum absolute atomic E-state index is 0.462. The number of aliphatic imine (C=N–C) groups is 1. The molecular formula is C22H37N3O2. The van der Waals surface area contributed by atoms with Gasteiger partial charge < -0.3 is 20.1 Å². The summed E-state index contributed by atoms with van der Waals surface area (Å²) in [5.74, 6) is 2.04. The quantitative estimate of drug-likeness (QED) is 0.353. The molecule has 1 aliphatic rings. The van der Waals surface area contributed by atoms with Crippen LogP contribution in [0.1, 0.15) is 51.0 Å². The van der Waals surface area contributed by atoms with Gasteiger partial charge in [0.15, 0.2) is 5.96 Å². The Kier molecular flexibility index (Phi) is 10.9. The molecule has 0 bridgehead atoms. The van der Waals surface area contributed by atoms with E-state index in [-0.39, 0.29) is 0 Å². The average Bonchev–Trinajstić information content (AvgIpc) is 2.72. The maximum Gasteiger partial charge on any atom is 0.191 e. The number of guanidine groups is 1. The lowest BCUT2D eigenvalue weighted by molar-refractivity contribution is 0.0203. The summed E-state index contributed by atoms with van der Waals surface area (Å²) in [6.07, 6.45) is 4.35. The molecule has 1 saturated heterocycles. The van der Waals surface area contributed by atoms with Crippen LogP contribution >= 0.6 is 0 Å². The molecule has 1 fully saturated rings. The first-order chi connectivity index (χ1) is 13.3. The Balaban J connectivity index is 1.66. The summed E-state index contributed by atoms with van der Waals surface area (Å²) in [5, 5.41) is 6.77. The number of nitrogens with one attached hydrogen (secondary N) is 2. The average molecular weight is 376 g/mol. The van der Waals surface area contributed by atoms with Crippen LogP contribution in [0.5, 0.6) is 0 Å². The van der Waals surface area contributed by atoms with Crippen molar-refractivity contribution in [1.29, 1.82) is 0 Å². The highest BCUT2D eigenvalue weighted by Gasteiger charge is 2.13. The van der Waals surface area contributed by atoms with Crippen LogP contribution in [0.25, 0.3) is 0 Å². The second-order valence-corrected chi connectivity index (χ2v) is 7.15. The zero-order valence-electron chi connectivity index (χ0n) is 17.1. The monoisotopic (exact) mass is 375 g/mol. The number of nitrogens with zero attached hydrogens (tertiary/aromatic N) is 1. The molecule has 1 atom stereocenters. The van der Waals surface area contributed by atoms with Crippen molar-refractivity contribution >= 4 is 5.96 Å². The molecule has 0 spiro atoms. The van der Waals surface area contributed by atoms with Crippen molar-refractivity contribution < 1.29 is 9.47 Å². The van der Waals surface area contributed by atoms with Gasteiger partial charge in [-0.2, -0.15) is 0 Å². The highest BCUT2D eigenvalue weighted by Crippen LogP contribution is 2.19. The number of benzene rings is 1. The standard InChI is InChI=1S/C22H37N3O2/c1-3-20(21-9-6-5-7-10-21)17-25-22(23-4-2)24-13-8-14-27-18-19-11-15-26-16-12-19/h5-7,9-10,19-20H,3-4,8,11-18H2,1-2H3,(H2,23,24,25). The Morgan fingerprint density at radius 1 is 1.19 bits per heavy atom. The smallest absolute Gasteiger partial charge is 0.191 e. The van der Waals surface area contributed by atoms with Gasteiger partial charge in [-0.05, 0) is 44.1 Å². The van der Waals surface area contributed by atoms with E-state index in [2.05, 4.69) is 54.8 Å². The normalized spacial score (nSPS) is 16.9. The van der Waals surface area contributed by atoms with Crippen LogP contribution in [-0.2, 0) is 9.47 Å². The zero-order chi connectivity index (χ0) is 19.2. The SMILES string of the molecule is CCNC(=NCC(CC)c1ccccc1)NCCCOCC1CCOCC1. The molecule has 0 amide bonds. The summed E-state index contributed by atoms with van der Waals surface area (Å²) in [6.45, 7) is 10.3. The third kappa shape index (κ3) is 8.76. The molecule has 0 saturated carbocycles. The van der Waals surface area contributed by atoms with E-state index in [9.17, 15) is 0 Å². The molecule has 2 N–H and O–H groups in total. The molecule has 2 rings (SSSR count). The number of hydrogen-bond acceptors (Lipinski definition) is 3. The molecule has 5 heteroatoms. The van der Waals surface area contributed by atoms with Crippen LogP contribution in [0, 0.1) is 5.92 Å². The third-order valence-corrected chi connectivity index (χ3v) is 5.03. The molecule has 27 heavy (non-hydrogen) atoms. The van der Waals surface area contributed by atoms with Crippen molar-refractivity contribution in [3.05, 3.63) is 35.9 Å². The van der Waals surface area contributed by atoms with E-state index in [0.29, 0.717) is 11.8 Å². The van der Waals surface area contributed by atoms with Gasteiger partial charge in [-0.25, -0.2) is 0 Å². The van der Waals surface area contributed by atoms with Gasteiger partial charge in [-0.15, -0.1) is 0 Å². The minimum Gasteiger partial charge on any atom is -0.381 e. The molecule has 0 aliphatic carbocycles. The van der Waals surface area contributed by atoms with Crippen molar-refractivity contribution in [2.75, 3.05) is 46.1 Å². The van der Waals surface area contributed by atoms with Crippen LogP contribution in [0.15, 0.2) is 35.3 Å². The Morgan fingerprint density at radius 3 is 2.67 bits per heavy atom. The van der Waals surface area contributed by atoms with Crippen molar-refractivity contribution in [2.45, 2.75) is 45.4 Å². The highest BCUT2D eigenvalue weighted by molar-refractivity contribution is 5.79. The second kappa shape index (κ2) is 13.6. The molecule has 1 aliphatic heterocycles. The Hall–Kier alpha value is -1.59. The van der Waals surface area contributed by atoms with Crippen LogP contribution in [0.4, 0.5) is 0 Å². The largest absolute Gasteiger partial charge is 0.381 e. The lowest BCUT2D eigenvalue weighted by Gasteiger charge is -2.21. The van der Waals surface area contributed by atoms with Gasteiger partial charge in [0.2, 0.25) is 0 Å².